The van der Waals surface area contributed by atoms with Gasteiger partial charge in [-0.1, -0.05) is 6.07 Å². The molecule has 3 nitrogen and oxygen atoms in total. The molecule has 0 fully saturated rings. The van der Waals surface area contributed by atoms with Gasteiger partial charge in [0.1, 0.15) is 0 Å². The summed E-state index contributed by atoms with van der Waals surface area (Å²) in [5, 5.41) is 11.7. The number of benzene rings is 1. The van der Waals surface area contributed by atoms with Crippen molar-refractivity contribution in [2.45, 2.75) is 19.9 Å². The summed E-state index contributed by atoms with van der Waals surface area (Å²) in [6.45, 7) is 4.24. The van der Waals surface area contributed by atoms with Crippen LogP contribution in [0, 0.1) is 5.21 Å². The van der Waals surface area contributed by atoms with E-state index in [9.17, 15) is 5.21 Å². The number of nitrogens with one attached hydrogen (secondary N) is 1. The molecule has 1 N–H and O–H groups in total. The molecule has 0 aliphatic rings. The Labute approximate surface area is 82.9 Å². The lowest BCUT2D eigenvalue weighted by molar-refractivity contribution is 0.623. The number of fused-ring (bicyclic) bond motifs is 1. The van der Waals surface area contributed by atoms with Crippen molar-refractivity contribution < 1.29 is 0 Å². The van der Waals surface area contributed by atoms with E-state index in [1.807, 2.05) is 23.8 Å². The van der Waals surface area contributed by atoms with Crippen LogP contribution in [0.15, 0.2) is 30.5 Å². The summed E-state index contributed by atoms with van der Waals surface area (Å²) in [7, 11) is 0. The Balaban J connectivity index is 2.63. The Kier molecular flexibility index (Phi) is 2.17. The first kappa shape index (κ1) is 9.09. The molecule has 0 amide bonds. The predicted molar refractivity (Wildman–Crippen MR) is 59.3 cm³/mol. The van der Waals surface area contributed by atoms with Crippen LogP contribution >= 0.6 is 0 Å². The van der Waals surface area contributed by atoms with Crippen molar-refractivity contribution in [1.29, 1.82) is 0 Å². The Morgan fingerprint density at radius 3 is 2.71 bits per heavy atom. The van der Waals surface area contributed by atoms with Crippen LogP contribution in [-0.4, -0.2) is 4.57 Å². The van der Waals surface area contributed by atoms with Gasteiger partial charge in [-0.25, -0.2) is 0 Å². The normalized spacial score (nSPS) is 11.1. The van der Waals surface area contributed by atoms with Gasteiger partial charge in [0.05, 0.1) is 5.52 Å². The number of aromatic nitrogens is 1. The number of anilines is 1. The molecule has 1 aromatic carbocycles. The molecule has 1 aromatic heterocycles. The van der Waals surface area contributed by atoms with Crippen molar-refractivity contribution in [3.05, 3.63) is 35.7 Å². The van der Waals surface area contributed by atoms with E-state index in [4.69, 9.17) is 0 Å². The van der Waals surface area contributed by atoms with Gasteiger partial charge in [0.2, 0.25) is 0 Å². The molecule has 74 valence electrons. The topological polar surface area (TPSA) is 40.0 Å². The second kappa shape index (κ2) is 3.35. The van der Waals surface area contributed by atoms with Gasteiger partial charge in [-0.3, -0.25) is 0 Å². The van der Waals surface area contributed by atoms with Crippen LogP contribution in [-0.2, 0) is 0 Å². The maximum absolute atomic E-state index is 10.5. The first-order valence-electron chi connectivity index (χ1n) is 4.71. The highest BCUT2D eigenvalue weighted by Crippen LogP contribution is 2.23. The van der Waals surface area contributed by atoms with Crippen molar-refractivity contribution in [2.75, 3.05) is 5.48 Å². The second-order valence-electron chi connectivity index (χ2n) is 3.69. The first-order chi connectivity index (χ1) is 6.72. The van der Waals surface area contributed by atoms with Crippen LogP contribution in [0.2, 0.25) is 0 Å². The molecule has 0 atom stereocenters. The van der Waals surface area contributed by atoms with Crippen molar-refractivity contribution >= 4 is 16.6 Å². The third-order valence-corrected chi connectivity index (χ3v) is 2.40. The molecule has 0 aliphatic carbocycles. The second-order valence-corrected chi connectivity index (χ2v) is 3.69. The molecular formula is C11H13N2O-. The van der Waals surface area contributed by atoms with Crippen LogP contribution < -0.4 is 5.48 Å². The molecule has 0 saturated heterocycles. The lowest BCUT2D eigenvalue weighted by Crippen LogP contribution is -1.98. The minimum Gasteiger partial charge on any atom is -0.761 e. The van der Waals surface area contributed by atoms with Crippen LogP contribution in [0.5, 0.6) is 0 Å². The van der Waals surface area contributed by atoms with E-state index < -0.39 is 0 Å². The zero-order valence-electron chi connectivity index (χ0n) is 8.32. The molecule has 0 spiro atoms. The molecule has 2 rings (SSSR count). The monoisotopic (exact) mass is 189 g/mol. The largest absolute Gasteiger partial charge is 0.761 e. The third kappa shape index (κ3) is 1.36. The van der Waals surface area contributed by atoms with Gasteiger partial charge in [0.25, 0.3) is 0 Å². The average Bonchev–Trinajstić information content (AvgIpc) is 2.59. The molecule has 2 aromatic rings. The van der Waals surface area contributed by atoms with Crippen LogP contribution in [0.1, 0.15) is 19.9 Å². The SMILES string of the molecule is CC(C)n1ccc2ccc(N[O-])cc21. The molecule has 1 heterocycles. The molecule has 0 radical (unpaired) electrons. The van der Waals surface area contributed by atoms with Gasteiger partial charge < -0.3 is 15.3 Å². The van der Waals surface area contributed by atoms with E-state index >= 15 is 0 Å². The highest BCUT2D eigenvalue weighted by molar-refractivity contribution is 5.83. The van der Waals surface area contributed by atoms with Gasteiger partial charge in [0, 0.05) is 17.9 Å². The lowest BCUT2D eigenvalue weighted by atomic mass is 10.2. The summed E-state index contributed by atoms with van der Waals surface area (Å²) in [5.74, 6) is 0. The molecule has 0 unspecified atom stereocenters. The molecule has 0 aliphatic heterocycles. The van der Waals surface area contributed by atoms with Crippen LogP contribution in [0.3, 0.4) is 0 Å². The van der Waals surface area contributed by atoms with Gasteiger partial charge in [0.15, 0.2) is 0 Å². The highest BCUT2D eigenvalue weighted by Gasteiger charge is 2.03. The summed E-state index contributed by atoms with van der Waals surface area (Å²) in [4.78, 5) is 0. The quantitative estimate of drug-likeness (QED) is 0.737. The summed E-state index contributed by atoms with van der Waals surface area (Å²) < 4.78 is 2.15. The van der Waals surface area contributed by atoms with E-state index in [1.54, 1.807) is 6.07 Å². The zero-order valence-corrected chi connectivity index (χ0v) is 8.32. The Morgan fingerprint density at radius 2 is 2.07 bits per heavy atom. The molecule has 14 heavy (non-hydrogen) atoms. The van der Waals surface area contributed by atoms with Crippen LogP contribution in [0.25, 0.3) is 10.9 Å². The minimum absolute atomic E-state index is 0.411. The third-order valence-electron chi connectivity index (χ3n) is 2.40. The van der Waals surface area contributed by atoms with Gasteiger partial charge in [-0.15, -0.1) is 0 Å². The summed E-state index contributed by atoms with van der Waals surface area (Å²) >= 11 is 0. The smallest absolute Gasteiger partial charge is 0.0503 e. The van der Waals surface area contributed by atoms with Gasteiger partial charge in [-0.05, 0) is 37.4 Å². The molecule has 0 bridgehead atoms. The Bertz CT molecular complexity index is 445. The highest BCUT2D eigenvalue weighted by atomic mass is 16.5. The standard InChI is InChI=1S/C11H13N2O/c1-8(2)13-6-5-9-3-4-10(12-14)7-11(9)13/h3-8,12H,1-2H3/q-1. The maximum atomic E-state index is 10.5. The van der Waals surface area contributed by atoms with E-state index in [0.29, 0.717) is 11.7 Å². The fraction of sp³-hybridized carbons (Fsp3) is 0.273. The van der Waals surface area contributed by atoms with Crippen LogP contribution in [0.4, 0.5) is 5.69 Å². The van der Waals surface area contributed by atoms with Gasteiger partial charge >= 0.3 is 0 Å². The van der Waals surface area contributed by atoms with E-state index in [0.717, 1.165) is 10.9 Å². The number of nitrogens with zero attached hydrogens (tertiary/aromatic N) is 1. The van der Waals surface area contributed by atoms with Crippen molar-refractivity contribution in [3.8, 4) is 0 Å². The lowest BCUT2D eigenvalue weighted by Gasteiger charge is -2.12. The van der Waals surface area contributed by atoms with Crippen molar-refractivity contribution in [3.63, 3.8) is 0 Å². The number of rotatable bonds is 2. The maximum Gasteiger partial charge on any atom is 0.0503 e. The van der Waals surface area contributed by atoms with E-state index in [-0.39, 0.29) is 0 Å². The molecular weight excluding hydrogens is 176 g/mol. The Hall–Kier alpha value is -1.48. The van der Waals surface area contributed by atoms with E-state index in [2.05, 4.69) is 24.5 Å². The van der Waals surface area contributed by atoms with Gasteiger partial charge in [-0.2, -0.15) is 0 Å². The zero-order chi connectivity index (χ0) is 10.1. The Morgan fingerprint density at radius 1 is 1.29 bits per heavy atom. The molecule has 0 saturated carbocycles. The average molecular weight is 189 g/mol. The molecule has 3 heteroatoms. The first-order valence-corrected chi connectivity index (χ1v) is 4.71. The summed E-state index contributed by atoms with van der Waals surface area (Å²) in [6, 6.07) is 8.09. The fourth-order valence-electron chi connectivity index (χ4n) is 1.66. The summed E-state index contributed by atoms with van der Waals surface area (Å²) in [6.07, 6.45) is 2.05. The number of hydrogen-bond acceptors (Lipinski definition) is 2. The van der Waals surface area contributed by atoms with E-state index in [1.165, 1.54) is 0 Å². The van der Waals surface area contributed by atoms with Crippen molar-refractivity contribution in [2.24, 2.45) is 0 Å². The van der Waals surface area contributed by atoms with Crippen molar-refractivity contribution in [1.82, 2.24) is 4.57 Å². The summed E-state index contributed by atoms with van der Waals surface area (Å²) in [5.41, 5.74) is 3.62. The minimum atomic E-state index is 0.411. The fourth-order valence-corrected chi connectivity index (χ4v) is 1.66. The predicted octanol–water partition coefficient (Wildman–Crippen LogP) is 3.13. The number of hydrogen-bond donors (Lipinski definition) is 1.